The van der Waals surface area contributed by atoms with Crippen LogP contribution in [0.1, 0.15) is 261 Å². The maximum Gasteiger partial charge on any atom is 0.0661 e. The van der Waals surface area contributed by atoms with Gasteiger partial charge in [-0.25, -0.2) is 0 Å². The Morgan fingerprint density at radius 1 is 0.311 bits per heavy atom. The van der Waals surface area contributed by atoms with Crippen molar-refractivity contribution in [2.75, 3.05) is 0 Å². The maximum absolute atomic E-state index is 7.07. The van der Waals surface area contributed by atoms with Gasteiger partial charge in [0, 0.05) is 0 Å². The highest BCUT2D eigenvalue weighted by molar-refractivity contribution is 4.87. The van der Waals surface area contributed by atoms with Crippen LogP contribution in [0.3, 0.4) is 0 Å². The first kappa shape index (κ1) is 45.0. The van der Waals surface area contributed by atoms with Crippen LogP contribution >= 0.6 is 0 Å². The van der Waals surface area contributed by atoms with Gasteiger partial charge in [-0.05, 0) is 52.4 Å². The average Bonchev–Trinajstić information content (AvgIpc) is 3.00. The molecule has 0 aliphatic heterocycles. The summed E-state index contributed by atoms with van der Waals surface area (Å²) in [5.74, 6) is 1.32. The molecule has 0 spiro atoms. The van der Waals surface area contributed by atoms with Gasteiger partial charge < -0.3 is 4.74 Å². The molecule has 0 N–H and O–H groups in total. The van der Waals surface area contributed by atoms with Gasteiger partial charge in [-0.15, -0.1) is 0 Å². The molecule has 0 radical (unpaired) electrons. The Hall–Kier alpha value is -0.0400. The minimum atomic E-state index is -0.0439. The predicted octanol–water partition coefficient (Wildman–Crippen LogP) is 16.4. The van der Waals surface area contributed by atoms with Crippen LogP contribution in [0.5, 0.6) is 0 Å². The molecule has 0 heterocycles. The summed E-state index contributed by atoms with van der Waals surface area (Å²) in [7, 11) is 0. The van der Waals surface area contributed by atoms with Gasteiger partial charge in [0.2, 0.25) is 0 Å². The fraction of sp³-hybridized carbons (Fsp3) is 1.00. The lowest BCUT2D eigenvalue weighted by Gasteiger charge is -2.44. The summed E-state index contributed by atoms with van der Waals surface area (Å²) >= 11 is 0. The molecular formula is C44H90O. The standard InChI is InChI=1S/C44H90O/c1-9-13-15-17-19-21-23-25-27-29-31-33-35-37-39-41(11-3)43(5,6)45-44(7,8)42(12-4)40-38-36-34-32-30-28-26-24-22-20-18-16-14-10-2/h41-42H,9-40H2,1-8H3. The van der Waals surface area contributed by atoms with Crippen LogP contribution in [0, 0.1) is 11.8 Å². The first-order valence-electron chi connectivity index (χ1n) is 21.4. The van der Waals surface area contributed by atoms with E-state index in [9.17, 15) is 0 Å². The second kappa shape index (κ2) is 31.2. The van der Waals surface area contributed by atoms with Crippen molar-refractivity contribution in [1.29, 1.82) is 0 Å². The molecular weight excluding hydrogens is 544 g/mol. The van der Waals surface area contributed by atoms with Gasteiger partial charge in [0.1, 0.15) is 0 Å². The van der Waals surface area contributed by atoms with Gasteiger partial charge in [-0.3, -0.25) is 0 Å². The van der Waals surface area contributed by atoms with E-state index in [-0.39, 0.29) is 11.2 Å². The van der Waals surface area contributed by atoms with Crippen LogP contribution in [0.4, 0.5) is 0 Å². The fourth-order valence-electron chi connectivity index (χ4n) is 8.10. The topological polar surface area (TPSA) is 9.23 Å². The largest absolute Gasteiger partial charge is 0.369 e. The van der Waals surface area contributed by atoms with E-state index in [4.69, 9.17) is 4.74 Å². The number of rotatable bonds is 36. The van der Waals surface area contributed by atoms with E-state index in [1.807, 2.05) is 0 Å². The van der Waals surface area contributed by atoms with Gasteiger partial charge in [0.15, 0.2) is 0 Å². The van der Waals surface area contributed by atoms with Gasteiger partial charge >= 0.3 is 0 Å². The first-order chi connectivity index (χ1) is 21.7. The SMILES string of the molecule is CCCCCCCCCCCCCCCCC(CC)C(C)(C)OC(C)(C)C(CC)CCCCCCCCCCCCCCCC. The molecule has 1 heteroatoms. The Kier molecular flexibility index (Phi) is 31.2. The number of hydrogen-bond donors (Lipinski definition) is 0. The van der Waals surface area contributed by atoms with Crippen LogP contribution < -0.4 is 0 Å². The molecule has 1 nitrogen and oxygen atoms in total. The number of ether oxygens (including phenoxy) is 1. The molecule has 0 bridgehead atoms. The lowest BCUT2D eigenvalue weighted by molar-refractivity contribution is -0.176. The zero-order valence-electron chi connectivity index (χ0n) is 33.2. The highest BCUT2D eigenvalue weighted by atomic mass is 16.5. The van der Waals surface area contributed by atoms with Crippen molar-refractivity contribution in [3.05, 3.63) is 0 Å². The Balaban J connectivity index is 4.05. The molecule has 2 atom stereocenters. The molecule has 0 fully saturated rings. The highest BCUT2D eigenvalue weighted by Gasteiger charge is 2.38. The zero-order valence-corrected chi connectivity index (χ0v) is 33.2. The maximum atomic E-state index is 7.07. The van der Waals surface area contributed by atoms with Crippen LogP contribution in [0.2, 0.25) is 0 Å². The lowest BCUT2D eigenvalue weighted by Crippen LogP contribution is -2.46. The summed E-state index contributed by atoms with van der Waals surface area (Å²) in [6, 6.07) is 0. The molecule has 0 aliphatic carbocycles. The normalized spacial score (nSPS) is 13.9. The minimum absolute atomic E-state index is 0.0439. The van der Waals surface area contributed by atoms with E-state index < -0.39 is 0 Å². The van der Waals surface area contributed by atoms with E-state index in [1.54, 1.807) is 0 Å². The third-order valence-corrected chi connectivity index (χ3v) is 11.3. The van der Waals surface area contributed by atoms with Gasteiger partial charge in [0.05, 0.1) is 11.2 Å². The molecule has 0 saturated carbocycles. The molecule has 0 aromatic rings. The van der Waals surface area contributed by atoms with Crippen LogP contribution in [-0.4, -0.2) is 11.2 Å². The predicted molar refractivity (Wildman–Crippen MR) is 207 cm³/mol. The van der Waals surface area contributed by atoms with E-state index in [0.29, 0.717) is 11.8 Å². The van der Waals surface area contributed by atoms with E-state index in [0.717, 1.165) is 0 Å². The Morgan fingerprint density at radius 3 is 0.711 bits per heavy atom. The summed E-state index contributed by atoms with van der Waals surface area (Å²) in [5, 5.41) is 0. The second-order valence-corrected chi connectivity index (χ2v) is 16.3. The summed E-state index contributed by atoms with van der Waals surface area (Å²) in [5.41, 5.74) is -0.0879. The molecule has 0 aliphatic rings. The minimum Gasteiger partial charge on any atom is -0.369 e. The Morgan fingerprint density at radius 2 is 0.511 bits per heavy atom. The van der Waals surface area contributed by atoms with Gasteiger partial charge in [-0.2, -0.15) is 0 Å². The van der Waals surface area contributed by atoms with E-state index in [2.05, 4.69) is 55.4 Å². The molecule has 2 unspecified atom stereocenters. The monoisotopic (exact) mass is 635 g/mol. The summed E-state index contributed by atoms with van der Waals surface area (Å²) in [6.07, 6.45) is 45.4. The summed E-state index contributed by atoms with van der Waals surface area (Å²) in [4.78, 5) is 0. The Bertz CT molecular complexity index is 528. The van der Waals surface area contributed by atoms with E-state index >= 15 is 0 Å². The van der Waals surface area contributed by atoms with Crippen LogP contribution in [-0.2, 0) is 4.74 Å². The van der Waals surface area contributed by atoms with Crippen LogP contribution in [0.15, 0.2) is 0 Å². The van der Waals surface area contributed by atoms with Crippen molar-refractivity contribution in [1.82, 2.24) is 0 Å². The van der Waals surface area contributed by atoms with Crippen molar-refractivity contribution in [3.8, 4) is 0 Å². The highest BCUT2D eigenvalue weighted by Crippen LogP contribution is 2.38. The van der Waals surface area contributed by atoms with Crippen molar-refractivity contribution >= 4 is 0 Å². The van der Waals surface area contributed by atoms with Crippen molar-refractivity contribution < 1.29 is 4.74 Å². The quantitative estimate of drug-likeness (QED) is 0.0623. The molecule has 0 saturated heterocycles. The van der Waals surface area contributed by atoms with E-state index in [1.165, 1.54) is 205 Å². The van der Waals surface area contributed by atoms with Crippen molar-refractivity contribution in [2.45, 2.75) is 272 Å². The third kappa shape index (κ3) is 26.6. The third-order valence-electron chi connectivity index (χ3n) is 11.3. The number of unbranched alkanes of at least 4 members (excludes halogenated alkanes) is 26. The fourth-order valence-corrected chi connectivity index (χ4v) is 8.10. The lowest BCUT2D eigenvalue weighted by atomic mass is 9.80. The first-order valence-corrected chi connectivity index (χ1v) is 21.4. The smallest absolute Gasteiger partial charge is 0.0661 e. The van der Waals surface area contributed by atoms with Crippen LogP contribution in [0.25, 0.3) is 0 Å². The Labute approximate surface area is 288 Å². The zero-order chi connectivity index (χ0) is 33.5. The van der Waals surface area contributed by atoms with Gasteiger partial charge in [-0.1, -0.05) is 220 Å². The average molecular weight is 635 g/mol. The van der Waals surface area contributed by atoms with Crippen molar-refractivity contribution in [2.24, 2.45) is 11.8 Å². The summed E-state index contributed by atoms with van der Waals surface area (Å²) < 4.78 is 7.07. The second-order valence-electron chi connectivity index (χ2n) is 16.3. The molecule has 0 aromatic carbocycles. The molecule has 0 aromatic heterocycles. The molecule has 272 valence electrons. The molecule has 0 rings (SSSR count). The van der Waals surface area contributed by atoms with Crippen molar-refractivity contribution in [3.63, 3.8) is 0 Å². The summed E-state index contributed by atoms with van der Waals surface area (Å²) in [6.45, 7) is 19.0. The number of hydrogen-bond acceptors (Lipinski definition) is 1. The molecule has 0 amide bonds. The van der Waals surface area contributed by atoms with Gasteiger partial charge in [0.25, 0.3) is 0 Å². The molecule has 45 heavy (non-hydrogen) atoms.